The lowest BCUT2D eigenvalue weighted by atomic mass is 10.2. The smallest absolute Gasteiger partial charge is 0.125 e. The predicted octanol–water partition coefficient (Wildman–Crippen LogP) is 4.64. The highest BCUT2D eigenvalue weighted by molar-refractivity contribution is 5.75. The molecule has 0 spiro atoms. The Morgan fingerprint density at radius 3 is 2.54 bits per heavy atom. The molecular formula is C23H23N3O2. The number of rotatable bonds is 8. The highest BCUT2D eigenvalue weighted by Crippen LogP contribution is 2.22. The lowest BCUT2D eigenvalue weighted by Crippen LogP contribution is -2.08. The topological polar surface area (TPSA) is 49.2 Å². The van der Waals surface area contributed by atoms with Gasteiger partial charge >= 0.3 is 0 Å². The van der Waals surface area contributed by atoms with E-state index < -0.39 is 0 Å². The number of para-hydroxylation sites is 3. The highest BCUT2D eigenvalue weighted by atomic mass is 16.5. The van der Waals surface area contributed by atoms with Crippen LogP contribution >= 0.6 is 0 Å². The summed E-state index contributed by atoms with van der Waals surface area (Å²) in [5.41, 5.74) is 4.14. The molecule has 0 saturated carbocycles. The van der Waals surface area contributed by atoms with E-state index >= 15 is 0 Å². The Labute approximate surface area is 164 Å². The van der Waals surface area contributed by atoms with Gasteiger partial charge in [0, 0.05) is 18.2 Å². The Morgan fingerprint density at radius 1 is 0.857 bits per heavy atom. The molecule has 0 radical (unpaired) electrons. The molecule has 0 saturated heterocycles. The van der Waals surface area contributed by atoms with Crippen LogP contribution in [-0.2, 0) is 6.54 Å². The summed E-state index contributed by atoms with van der Waals surface area (Å²) in [4.78, 5) is 9.00. The van der Waals surface area contributed by atoms with E-state index in [4.69, 9.17) is 9.47 Å². The average Bonchev–Trinajstić information content (AvgIpc) is 3.14. The fraction of sp³-hybridized carbons (Fsp3) is 0.217. The third-order valence-electron chi connectivity index (χ3n) is 4.66. The van der Waals surface area contributed by atoms with Gasteiger partial charge in [-0.3, -0.25) is 4.98 Å². The van der Waals surface area contributed by atoms with E-state index in [1.807, 2.05) is 60.9 Å². The molecule has 4 aromatic rings. The van der Waals surface area contributed by atoms with Gasteiger partial charge in [0.05, 0.1) is 42.8 Å². The Kier molecular flexibility index (Phi) is 5.52. The number of hydrogen-bond donors (Lipinski definition) is 0. The van der Waals surface area contributed by atoms with Gasteiger partial charge < -0.3 is 14.0 Å². The van der Waals surface area contributed by atoms with E-state index in [0.29, 0.717) is 19.8 Å². The molecule has 0 unspecified atom stereocenters. The van der Waals surface area contributed by atoms with Crippen LogP contribution in [0.15, 0.2) is 73.2 Å². The van der Waals surface area contributed by atoms with E-state index in [-0.39, 0.29) is 0 Å². The summed E-state index contributed by atoms with van der Waals surface area (Å²) < 4.78 is 13.8. The number of imidazole rings is 1. The molecule has 0 atom stereocenters. The standard InChI is InChI=1S/C23H23N3O2/c1-18-21(16-26-17-25-20-10-5-6-11-22(20)26)24-13-12-23(18)28-15-7-14-27-19-8-3-2-4-9-19/h2-6,8-13,17H,7,14-16H2,1H3. The molecular weight excluding hydrogens is 350 g/mol. The van der Waals surface area contributed by atoms with E-state index in [1.54, 1.807) is 6.20 Å². The molecule has 28 heavy (non-hydrogen) atoms. The zero-order chi connectivity index (χ0) is 19.2. The minimum atomic E-state index is 0.602. The number of ether oxygens (including phenoxy) is 2. The minimum absolute atomic E-state index is 0.602. The highest BCUT2D eigenvalue weighted by Gasteiger charge is 2.09. The Balaban J connectivity index is 1.35. The van der Waals surface area contributed by atoms with Crippen molar-refractivity contribution in [1.82, 2.24) is 14.5 Å². The number of aromatic nitrogens is 3. The molecule has 0 bridgehead atoms. The largest absolute Gasteiger partial charge is 0.493 e. The Hall–Kier alpha value is -3.34. The van der Waals surface area contributed by atoms with Crippen LogP contribution in [0.1, 0.15) is 17.7 Å². The second-order valence-electron chi connectivity index (χ2n) is 6.61. The molecule has 0 aliphatic rings. The van der Waals surface area contributed by atoms with Gasteiger partial charge in [-0.25, -0.2) is 4.98 Å². The molecule has 2 aromatic heterocycles. The molecule has 5 nitrogen and oxygen atoms in total. The molecule has 2 aromatic carbocycles. The van der Waals surface area contributed by atoms with Crippen molar-refractivity contribution in [2.75, 3.05) is 13.2 Å². The van der Waals surface area contributed by atoms with Gasteiger partial charge in [-0.05, 0) is 37.3 Å². The minimum Gasteiger partial charge on any atom is -0.493 e. The van der Waals surface area contributed by atoms with Gasteiger partial charge in [-0.15, -0.1) is 0 Å². The maximum Gasteiger partial charge on any atom is 0.125 e. The maximum atomic E-state index is 5.98. The van der Waals surface area contributed by atoms with Crippen LogP contribution in [-0.4, -0.2) is 27.7 Å². The van der Waals surface area contributed by atoms with Crippen LogP contribution in [0, 0.1) is 6.92 Å². The predicted molar refractivity (Wildman–Crippen MR) is 110 cm³/mol. The summed E-state index contributed by atoms with van der Waals surface area (Å²) >= 11 is 0. The molecule has 0 aliphatic heterocycles. The first kappa shape index (κ1) is 18.0. The summed E-state index contributed by atoms with van der Waals surface area (Å²) in [6.45, 7) is 3.95. The monoisotopic (exact) mass is 373 g/mol. The first-order valence-electron chi connectivity index (χ1n) is 9.46. The fourth-order valence-corrected chi connectivity index (χ4v) is 3.12. The normalized spacial score (nSPS) is 10.9. The van der Waals surface area contributed by atoms with E-state index in [9.17, 15) is 0 Å². The molecule has 2 heterocycles. The molecule has 0 aliphatic carbocycles. The fourth-order valence-electron chi connectivity index (χ4n) is 3.12. The second kappa shape index (κ2) is 8.57. The van der Waals surface area contributed by atoms with Crippen molar-refractivity contribution < 1.29 is 9.47 Å². The average molecular weight is 373 g/mol. The first-order chi connectivity index (χ1) is 13.8. The van der Waals surface area contributed by atoms with Crippen molar-refractivity contribution in [2.24, 2.45) is 0 Å². The summed E-state index contributed by atoms with van der Waals surface area (Å²) in [6, 6.07) is 19.9. The zero-order valence-electron chi connectivity index (χ0n) is 15.9. The van der Waals surface area contributed by atoms with Gasteiger partial charge in [0.1, 0.15) is 11.5 Å². The molecule has 0 fully saturated rings. The summed E-state index contributed by atoms with van der Waals surface area (Å²) in [6.07, 6.45) is 4.48. The molecule has 0 amide bonds. The lowest BCUT2D eigenvalue weighted by Gasteiger charge is -2.13. The third-order valence-corrected chi connectivity index (χ3v) is 4.66. The van der Waals surface area contributed by atoms with Gasteiger partial charge in [-0.1, -0.05) is 30.3 Å². The quantitative estimate of drug-likeness (QED) is 0.422. The van der Waals surface area contributed by atoms with Crippen LogP contribution in [0.5, 0.6) is 11.5 Å². The summed E-state index contributed by atoms with van der Waals surface area (Å²) in [5, 5.41) is 0. The molecule has 4 rings (SSSR count). The van der Waals surface area contributed by atoms with Crippen molar-refractivity contribution >= 4 is 11.0 Å². The van der Waals surface area contributed by atoms with Crippen LogP contribution < -0.4 is 9.47 Å². The summed E-state index contributed by atoms with van der Waals surface area (Å²) in [7, 11) is 0. The van der Waals surface area contributed by atoms with Crippen LogP contribution in [0.3, 0.4) is 0 Å². The van der Waals surface area contributed by atoms with Crippen molar-refractivity contribution in [3.8, 4) is 11.5 Å². The zero-order valence-corrected chi connectivity index (χ0v) is 15.9. The second-order valence-corrected chi connectivity index (χ2v) is 6.61. The first-order valence-corrected chi connectivity index (χ1v) is 9.46. The number of nitrogens with zero attached hydrogens (tertiary/aromatic N) is 3. The van der Waals surface area contributed by atoms with Crippen molar-refractivity contribution in [3.63, 3.8) is 0 Å². The number of fused-ring (bicyclic) bond motifs is 1. The van der Waals surface area contributed by atoms with Crippen molar-refractivity contribution in [2.45, 2.75) is 19.9 Å². The lowest BCUT2D eigenvalue weighted by molar-refractivity contribution is 0.246. The summed E-state index contributed by atoms with van der Waals surface area (Å²) in [5.74, 6) is 1.76. The van der Waals surface area contributed by atoms with E-state index in [1.165, 1.54) is 0 Å². The molecule has 5 heteroatoms. The maximum absolute atomic E-state index is 5.98. The van der Waals surface area contributed by atoms with Crippen LogP contribution in [0.4, 0.5) is 0 Å². The van der Waals surface area contributed by atoms with Gasteiger partial charge in [0.15, 0.2) is 0 Å². The van der Waals surface area contributed by atoms with E-state index in [2.05, 4.69) is 27.5 Å². The number of benzene rings is 2. The van der Waals surface area contributed by atoms with Gasteiger partial charge in [0.25, 0.3) is 0 Å². The van der Waals surface area contributed by atoms with Gasteiger partial charge in [-0.2, -0.15) is 0 Å². The molecule has 0 N–H and O–H groups in total. The van der Waals surface area contributed by atoms with Crippen LogP contribution in [0.2, 0.25) is 0 Å². The Morgan fingerprint density at radius 2 is 1.64 bits per heavy atom. The SMILES string of the molecule is Cc1c(OCCCOc2ccccc2)ccnc1Cn1cnc2ccccc21. The van der Waals surface area contributed by atoms with Crippen molar-refractivity contribution in [3.05, 3.63) is 84.4 Å². The number of pyridine rings is 1. The van der Waals surface area contributed by atoms with Crippen LogP contribution in [0.25, 0.3) is 11.0 Å². The van der Waals surface area contributed by atoms with E-state index in [0.717, 1.165) is 40.2 Å². The third kappa shape index (κ3) is 4.14. The van der Waals surface area contributed by atoms with Gasteiger partial charge in [0.2, 0.25) is 0 Å². The van der Waals surface area contributed by atoms with Crippen molar-refractivity contribution in [1.29, 1.82) is 0 Å². The Bertz CT molecular complexity index is 1040. The molecule has 142 valence electrons. The number of hydrogen-bond acceptors (Lipinski definition) is 4.